The number of rotatable bonds is 3. The Morgan fingerprint density at radius 2 is 2.27 bits per heavy atom. The van der Waals surface area contributed by atoms with Crippen molar-refractivity contribution in [2.45, 2.75) is 0 Å². The number of ether oxygens (including phenoxy) is 1. The molecule has 15 heavy (non-hydrogen) atoms. The van der Waals surface area contributed by atoms with E-state index in [2.05, 4.69) is 5.16 Å². The lowest BCUT2D eigenvalue weighted by molar-refractivity contribution is 0.293. The number of aromatic nitrogens is 1. The van der Waals surface area contributed by atoms with E-state index >= 15 is 0 Å². The second-order valence-electron chi connectivity index (χ2n) is 2.77. The summed E-state index contributed by atoms with van der Waals surface area (Å²) in [4.78, 5) is 0. The van der Waals surface area contributed by atoms with Crippen molar-refractivity contribution in [3.8, 4) is 5.88 Å². The third kappa shape index (κ3) is 2.37. The van der Waals surface area contributed by atoms with E-state index < -0.39 is 0 Å². The van der Waals surface area contributed by atoms with E-state index in [1.54, 1.807) is 0 Å². The lowest BCUT2D eigenvalue weighted by Crippen LogP contribution is -2.10. The van der Waals surface area contributed by atoms with Gasteiger partial charge in [0.1, 0.15) is 12.4 Å². The van der Waals surface area contributed by atoms with E-state index in [0.29, 0.717) is 24.1 Å². The third-order valence-electron chi connectivity index (χ3n) is 1.76. The SMILES string of the molecule is Cl.NCCOc1noc2ccc(F)cc12. The molecule has 0 bridgehead atoms. The minimum atomic E-state index is -0.349. The van der Waals surface area contributed by atoms with Crippen molar-refractivity contribution in [3.63, 3.8) is 0 Å². The predicted molar refractivity (Wildman–Crippen MR) is 55.8 cm³/mol. The third-order valence-corrected chi connectivity index (χ3v) is 1.76. The van der Waals surface area contributed by atoms with Crippen molar-refractivity contribution >= 4 is 23.4 Å². The molecule has 0 fully saturated rings. The molecular weight excluding hydrogens is 223 g/mol. The highest BCUT2D eigenvalue weighted by molar-refractivity contribution is 5.85. The zero-order valence-corrected chi connectivity index (χ0v) is 8.59. The van der Waals surface area contributed by atoms with Crippen LogP contribution in [0.25, 0.3) is 11.0 Å². The number of hydrogen-bond donors (Lipinski definition) is 1. The quantitative estimate of drug-likeness (QED) is 0.876. The largest absolute Gasteiger partial charge is 0.474 e. The molecule has 0 amide bonds. The molecule has 4 nitrogen and oxygen atoms in total. The van der Waals surface area contributed by atoms with Crippen LogP contribution >= 0.6 is 12.4 Å². The van der Waals surface area contributed by atoms with E-state index in [0.717, 1.165) is 0 Å². The van der Waals surface area contributed by atoms with Crippen molar-refractivity contribution in [1.29, 1.82) is 0 Å². The first-order valence-corrected chi connectivity index (χ1v) is 4.19. The average molecular weight is 233 g/mol. The van der Waals surface area contributed by atoms with Crippen molar-refractivity contribution in [1.82, 2.24) is 5.16 Å². The van der Waals surface area contributed by atoms with Gasteiger partial charge < -0.3 is 15.0 Å². The maximum Gasteiger partial charge on any atom is 0.262 e. The summed E-state index contributed by atoms with van der Waals surface area (Å²) in [6.45, 7) is 0.710. The summed E-state index contributed by atoms with van der Waals surface area (Å²) in [5.41, 5.74) is 5.76. The standard InChI is InChI=1S/C9H9FN2O2.ClH/c10-6-1-2-8-7(5-6)9(12-14-8)13-4-3-11;/h1-2,5H,3-4,11H2;1H. The molecule has 0 saturated carbocycles. The van der Waals surface area contributed by atoms with Crippen molar-refractivity contribution in [2.75, 3.05) is 13.2 Å². The van der Waals surface area contributed by atoms with Gasteiger partial charge in [0, 0.05) is 6.54 Å². The topological polar surface area (TPSA) is 61.3 Å². The minimum absolute atomic E-state index is 0. The zero-order chi connectivity index (χ0) is 9.97. The van der Waals surface area contributed by atoms with E-state index in [1.165, 1.54) is 18.2 Å². The Morgan fingerprint density at radius 1 is 1.47 bits per heavy atom. The van der Waals surface area contributed by atoms with Crippen LogP contribution in [0.15, 0.2) is 22.7 Å². The fraction of sp³-hybridized carbons (Fsp3) is 0.222. The number of halogens is 2. The smallest absolute Gasteiger partial charge is 0.262 e. The van der Waals surface area contributed by atoms with Gasteiger partial charge in [-0.3, -0.25) is 0 Å². The molecule has 0 unspecified atom stereocenters. The number of hydrogen-bond acceptors (Lipinski definition) is 4. The van der Waals surface area contributed by atoms with E-state index in [9.17, 15) is 4.39 Å². The fourth-order valence-corrected chi connectivity index (χ4v) is 1.15. The summed E-state index contributed by atoms with van der Waals surface area (Å²) < 4.78 is 23.0. The Hall–Kier alpha value is -1.33. The van der Waals surface area contributed by atoms with Gasteiger partial charge in [-0.25, -0.2) is 4.39 Å². The van der Waals surface area contributed by atoms with Crippen LogP contribution < -0.4 is 10.5 Å². The van der Waals surface area contributed by atoms with Gasteiger partial charge in [0.25, 0.3) is 5.88 Å². The van der Waals surface area contributed by atoms with Crippen LogP contribution in [-0.2, 0) is 0 Å². The number of nitrogens with zero attached hydrogens (tertiary/aromatic N) is 1. The van der Waals surface area contributed by atoms with E-state index in [-0.39, 0.29) is 24.1 Å². The van der Waals surface area contributed by atoms with Gasteiger partial charge in [-0.15, -0.1) is 12.4 Å². The number of nitrogens with two attached hydrogens (primary N) is 1. The van der Waals surface area contributed by atoms with Crippen molar-refractivity contribution in [2.24, 2.45) is 5.73 Å². The molecule has 6 heteroatoms. The molecule has 2 aromatic rings. The van der Waals surface area contributed by atoms with Gasteiger partial charge in [-0.2, -0.15) is 0 Å². The first kappa shape index (κ1) is 11.7. The van der Waals surface area contributed by atoms with Gasteiger partial charge >= 0.3 is 0 Å². The van der Waals surface area contributed by atoms with Crippen LogP contribution in [-0.4, -0.2) is 18.3 Å². The summed E-state index contributed by atoms with van der Waals surface area (Å²) >= 11 is 0. The first-order chi connectivity index (χ1) is 6.81. The molecule has 1 aromatic carbocycles. The minimum Gasteiger partial charge on any atom is -0.474 e. The summed E-state index contributed by atoms with van der Waals surface area (Å²) in [5, 5.41) is 4.18. The second-order valence-corrected chi connectivity index (χ2v) is 2.77. The number of fused-ring (bicyclic) bond motifs is 1. The summed E-state index contributed by atoms with van der Waals surface area (Å²) in [7, 11) is 0. The number of benzene rings is 1. The van der Waals surface area contributed by atoms with Gasteiger partial charge in [-0.1, -0.05) is 0 Å². The summed E-state index contributed by atoms with van der Waals surface area (Å²) in [6.07, 6.45) is 0. The van der Waals surface area contributed by atoms with Crippen molar-refractivity contribution in [3.05, 3.63) is 24.0 Å². The highest BCUT2D eigenvalue weighted by Gasteiger charge is 2.09. The zero-order valence-electron chi connectivity index (χ0n) is 7.77. The first-order valence-electron chi connectivity index (χ1n) is 4.19. The molecule has 82 valence electrons. The Morgan fingerprint density at radius 3 is 3.00 bits per heavy atom. The molecular formula is C9H10ClFN2O2. The highest BCUT2D eigenvalue weighted by atomic mass is 35.5. The molecule has 1 aromatic heterocycles. The molecule has 0 aliphatic carbocycles. The van der Waals surface area contributed by atoms with Crippen LogP contribution in [0.2, 0.25) is 0 Å². The van der Waals surface area contributed by atoms with Gasteiger partial charge in [0.2, 0.25) is 0 Å². The maximum atomic E-state index is 12.9. The van der Waals surface area contributed by atoms with E-state index in [1.807, 2.05) is 0 Å². The maximum absolute atomic E-state index is 12.9. The molecule has 2 rings (SSSR count). The molecule has 0 radical (unpaired) electrons. The molecule has 0 atom stereocenters. The second kappa shape index (κ2) is 4.95. The Kier molecular flexibility index (Phi) is 3.88. The Balaban J connectivity index is 0.00000112. The molecule has 0 aliphatic rings. The normalized spacial score (nSPS) is 10.0. The lowest BCUT2D eigenvalue weighted by Gasteiger charge is -1.98. The molecule has 1 heterocycles. The van der Waals surface area contributed by atoms with Crippen LogP contribution in [0, 0.1) is 5.82 Å². The Labute approximate surface area is 91.6 Å². The van der Waals surface area contributed by atoms with Crippen LogP contribution in [0.3, 0.4) is 0 Å². The monoisotopic (exact) mass is 232 g/mol. The molecule has 0 aliphatic heterocycles. The van der Waals surface area contributed by atoms with Gasteiger partial charge in [0.15, 0.2) is 5.58 Å². The van der Waals surface area contributed by atoms with E-state index in [4.69, 9.17) is 15.0 Å². The van der Waals surface area contributed by atoms with Crippen LogP contribution in [0.4, 0.5) is 4.39 Å². The summed E-state index contributed by atoms with van der Waals surface area (Å²) in [5.74, 6) is -0.0664. The van der Waals surface area contributed by atoms with Crippen LogP contribution in [0.1, 0.15) is 0 Å². The summed E-state index contributed by atoms with van der Waals surface area (Å²) in [6, 6.07) is 4.13. The van der Waals surface area contributed by atoms with Gasteiger partial charge in [0.05, 0.1) is 5.39 Å². The van der Waals surface area contributed by atoms with Gasteiger partial charge in [-0.05, 0) is 23.4 Å². The molecule has 2 N–H and O–H groups in total. The highest BCUT2D eigenvalue weighted by Crippen LogP contribution is 2.25. The molecule has 0 saturated heterocycles. The average Bonchev–Trinajstić information content (AvgIpc) is 2.57. The fourth-order valence-electron chi connectivity index (χ4n) is 1.15. The Bertz CT molecular complexity index is 447. The predicted octanol–water partition coefficient (Wildman–Crippen LogP) is 1.73. The van der Waals surface area contributed by atoms with Crippen molar-refractivity contribution < 1.29 is 13.7 Å². The molecule has 0 spiro atoms. The van der Waals surface area contributed by atoms with Crippen LogP contribution in [0.5, 0.6) is 5.88 Å². The lowest BCUT2D eigenvalue weighted by atomic mass is 10.2.